The van der Waals surface area contributed by atoms with E-state index >= 15 is 0 Å². The molecular weight excluding hydrogens is 1230 g/mol. The summed E-state index contributed by atoms with van der Waals surface area (Å²) in [6, 6.07) is 99.5. The molecule has 0 heterocycles. The average molecular weight is 1300 g/mol. The first kappa shape index (κ1) is 67.8. The molecule has 2 heteroatoms. The van der Waals surface area contributed by atoms with Crippen molar-refractivity contribution in [3.8, 4) is 130 Å². The van der Waals surface area contributed by atoms with Crippen LogP contribution in [-0.4, -0.2) is 13.2 Å². The number of hydrogen-bond donors (Lipinski definition) is 0. The van der Waals surface area contributed by atoms with Crippen LogP contribution in [0.1, 0.15) is 150 Å². The number of benzene rings is 12. The van der Waals surface area contributed by atoms with Gasteiger partial charge in [0.1, 0.15) is 0 Å². The minimum atomic E-state index is 0.381. The van der Waals surface area contributed by atoms with Crippen LogP contribution in [0, 0.1) is 118 Å². The van der Waals surface area contributed by atoms with Crippen LogP contribution < -0.4 is 9.47 Å². The summed E-state index contributed by atoms with van der Waals surface area (Å²) < 4.78 is 14.3. The van der Waals surface area contributed by atoms with E-state index in [1.165, 1.54) is 0 Å². The summed E-state index contributed by atoms with van der Waals surface area (Å²) in [5.41, 5.74) is 14.4. The molecule has 0 bridgehead atoms. The Labute approximate surface area is 601 Å². The summed E-state index contributed by atoms with van der Waals surface area (Å²) in [6.45, 7) is 0.761. The summed E-state index contributed by atoms with van der Waals surface area (Å²) in [4.78, 5) is 0. The molecule has 12 aromatic carbocycles. The van der Waals surface area contributed by atoms with Gasteiger partial charge in [0.05, 0.1) is 68.8 Å². The molecule has 0 aliphatic carbocycles. The first-order valence-corrected chi connectivity index (χ1v) is 34.1. The minimum absolute atomic E-state index is 0.381. The van der Waals surface area contributed by atoms with Crippen LogP contribution in [-0.2, 0) is 0 Å². The van der Waals surface area contributed by atoms with E-state index in [9.17, 15) is 0 Å². The minimum Gasteiger partial charge on any atom is -0.491 e. The number of ether oxygens (including phenoxy) is 2. The molecule has 0 amide bonds. The van der Waals surface area contributed by atoms with E-state index in [0.29, 0.717) is 80.3 Å². The molecule has 0 saturated carbocycles. The Morgan fingerprint density at radius 1 is 0.137 bits per heavy atom. The van der Waals surface area contributed by atoms with Gasteiger partial charge < -0.3 is 9.47 Å². The molecule has 0 aliphatic heterocycles. The van der Waals surface area contributed by atoms with Gasteiger partial charge in [-0.3, -0.25) is 0 Å². The van der Waals surface area contributed by atoms with Crippen LogP contribution in [0.4, 0.5) is 0 Å². The fourth-order valence-corrected chi connectivity index (χ4v) is 10.8. The summed E-state index contributed by atoms with van der Waals surface area (Å²) >= 11 is 0. The second kappa shape index (κ2) is 36.8. The molecule has 0 unspecified atom stereocenters. The molecule has 12 aromatic rings. The third-order valence-corrected chi connectivity index (χ3v) is 16.0. The SMILES string of the molecule is C(#Cc1c(C#Cc2ccccc2)c(C#Cc2ccccc2)c(OCCCCCCCCOc2c(C#Cc3ccccc3)c(C#Cc3ccccc3)c(C#Cc3ccccc3)c(C#Cc3ccccc3)c2C#Cc2ccccc2)c(C#Cc2ccccc2)c1C#Cc1ccccc1)c1ccccc1. The highest BCUT2D eigenvalue weighted by Gasteiger charge is 2.25. The third-order valence-electron chi connectivity index (χ3n) is 16.0. The Balaban J connectivity index is 0.887. The van der Waals surface area contributed by atoms with E-state index in [1.807, 2.05) is 303 Å². The van der Waals surface area contributed by atoms with Crippen molar-refractivity contribution in [2.75, 3.05) is 13.2 Å². The van der Waals surface area contributed by atoms with E-state index < -0.39 is 0 Å². The van der Waals surface area contributed by atoms with Crippen LogP contribution in [0.15, 0.2) is 303 Å². The molecule has 2 nitrogen and oxygen atoms in total. The largest absolute Gasteiger partial charge is 0.491 e. The average Bonchev–Trinajstić information content (AvgIpc) is 0.770. The lowest BCUT2D eigenvalue weighted by atomic mass is 9.89. The van der Waals surface area contributed by atoms with Crippen molar-refractivity contribution >= 4 is 0 Å². The molecular formula is C100H66O2. The zero-order valence-corrected chi connectivity index (χ0v) is 56.3. The van der Waals surface area contributed by atoms with Crippen LogP contribution in [0.3, 0.4) is 0 Å². The lowest BCUT2D eigenvalue weighted by molar-refractivity contribution is 0.295. The molecule has 0 spiro atoms. The monoisotopic (exact) mass is 1300 g/mol. The molecule has 0 radical (unpaired) electrons. The standard InChI is InChI=1S/C100H66O2/c1(3-35-77-101-99-95(73-63-85-49-27-11-28-50-85)91(69-59-81-41-19-7-20-42-81)89(67-57-79-37-15-5-16-38-79)92(70-60-82-43-21-8-22-44-82)96(99)74-64-86-51-29-12-30-52-86)2-4-36-78-102-100-97(75-65-87-53-31-13-32-54-87)93(71-61-83-45-23-9-24-46-83)90(68-58-80-39-17-6-18-40-80)94(72-62-84-47-25-10-26-48-84)98(100)76-66-88-55-33-14-34-56-88/h5-34,37-56H,1-4,35-36,77-78H2. The molecule has 0 atom stereocenters. The fraction of sp³-hybridized carbons (Fsp3) is 0.0800. The molecule has 12 rings (SSSR count). The van der Waals surface area contributed by atoms with Crippen molar-refractivity contribution in [3.63, 3.8) is 0 Å². The van der Waals surface area contributed by atoms with Gasteiger partial charge in [0.2, 0.25) is 0 Å². The van der Waals surface area contributed by atoms with Gasteiger partial charge in [-0.15, -0.1) is 0 Å². The summed E-state index contributed by atoms with van der Waals surface area (Å²) in [7, 11) is 0. The Bertz CT molecular complexity index is 4920. The van der Waals surface area contributed by atoms with Crippen molar-refractivity contribution in [2.24, 2.45) is 0 Å². The number of unbranched alkanes of at least 4 members (excludes halogenated alkanes) is 5. The van der Waals surface area contributed by atoms with E-state index in [2.05, 4.69) is 118 Å². The van der Waals surface area contributed by atoms with Gasteiger partial charge in [0, 0.05) is 55.6 Å². The maximum absolute atomic E-state index is 7.15. The highest BCUT2D eigenvalue weighted by atomic mass is 16.5. The molecule has 0 saturated heterocycles. The van der Waals surface area contributed by atoms with Gasteiger partial charge in [0.15, 0.2) is 11.5 Å². The summed E-state index contributed by atoms with van der Waals surface area (Å²) in [5.74, 6) is 71.4. The van der Waals surface area contributed by atoms with Gasteiger partial charge in [-0.25, -0.2) is 0 Å². The van der Waals surface area contributed by atoms with Gasteiger partial charge in [0.25, 0.3) is 0 Å². The zero-order valence-electron chi connectivity index (χ0n) is 56.3. The summed E-state index contributed by atoms with van der Waals surface area (Å²) in [5, 5.41) is 0. The highest BCUT2D eigenvalue weighted by Crippen LogP contribution is 2.36. The van der Waals surface area contributed by atoms with Gasteiger partial charge in [-0.2, -0.15) is 0 Å². The van der Waals surface area contributed by atoms with E-state index in [-0.39, 0.29) is 0 Å². The lowest BCUT2D eigenvalue weighted by Crippen LogP contribution is -2.08. The Morgan fingerprint density at radius 2 is 0.265 bits per heavy atom. The number of hydrogen-bond acceptors (Lipinski definition) is 2. The van der Waals surface area contributed by atoms with Crippen LogP contribution >= 0.6 is 0 Å². The maximum Gasteiger partial charge on any atom is 0.153 e. The van der Waals surface area contributed by atoms with Gasteiger partial charge in [-0.05, 0) is 134 Å². The van der Waals surface area contributed by atoms with Crippen molar-refractivity contribution in [1.29, 1.82) is 0 Å². The zero-order chi connectivity index (χ0) is 69.3. The third kappa shape index (κ3) is 19.8. The molecule has 0 fully saturated rings. The van der Waals surface area contributed by atoms with Crippen molar-refractivity contribution in [3.05, 3.63) is 415 Å². The van der Waals surface area contributed by atoms with Gasteiger partial charge >= 0.3 is 0 Å². The normalized spacial score (nSPS) is 9.69. The van der Waals surface area contributed by atoms with Crippen LogP contribution in [0.5, 0.6) is 11.5 Å². The maximum atomic E-state index is 7.15. The van der Waals surface area contributed by atoms with Crippen molar-refractivity contribution in [2.45, 2.75) is 38.5 Å². The molecule has 102 heavy (non-hydrogen) atoms. The number of rotatable bonds is 11. The second-order valence-electron chi connectivity index (χ2n) is 23.4. The van der Waals surface area contributed by atoms with Crippen LogP contribution in [0.2, 0.25) is 0 Å². The molecule has 0 aliphatic rings. The van der Waals surface area contributed by atoms with E-state index in [1.54, 1.807) is 0 Å². The molecule has 0 aromatic heterocycles. The molecule has 478 valence electrons. The highest BCUT2D eigenvalue weighted by molar-refractivity contribution is 5.80. The molecule has 0 N–H and O–H groups in total. The Kier molecular flexibility index (Phi) is 24.5. The van der Waals surface area contributed by atoms with Gasteiger partial charge in [-0.1, -0.05) is 326 Å². The Hall–Kier alpha value is -14.2. The first-order chi connectivity index (χ1) is 50.6. The summed E-state index contributed by atoms with van der Waals surface area (Å²) in [6.07, 6.45) is 5.21. The first-order valence-electron chi connectivity index (χ1n) is 34.1. The second-order valence-corrected chi connectivity index (χ2v) is 23.4. The predicted molar refractivity (Wildman–Crippen MR) is 416 cm³/mol. The van der Waals surface area contributed by atoms with E-state index in [4.69, 9.17) is 9.47 Å². The Morgan fingerprint density at radius 3 is 0.422 bits per heavy atom. The smallest absolute Gasteiger partial charge is 0.153 e. The fourth-order valence-electron chi connectivity index (χ4n) is 10.8. The van der Waals surface area contributed by atoms with Crippen molar-refractivity contribution < 1.29 is 9.47 Å². The van der Waals surface area contributed by atoms with Crippen LogP contribution in [0.25, 0.3) is 0 Å². The quantitative estimate of drug-likeness (QED) is 0.0949. The van der Waals surface area contributed by atoms with E-state index in [0.717, 1.165) is 94.2 Å². The lowest BCUT2D eigenvalue weighted by Gasteiger charge is -2.17. The topological polar surface area (TPSA) is 18.5 Å². The van der Waals surface area contributed by atoms with Crippen molar-refractivity contribution in [1.82, 2.24) is 0 Å². The predicted octanol–water partition coefficient (Wildman–Crippen LogP) is 19.5.